The summed E-state index contributed by atoms with van der Waals surface area (Å²) in [6, 6.07) is 33.3. The molecule has 0 bridgehead atoms. The highest BCUT2D eigenvalue weighted by Gasteiger charge is 2.49. The van der Waals surface area contributed by atoms with Crippen LogP contribution in [0.2, 0.25) is 0 Å². The summed E-state index contributed by atoms with van der Waals surface area (Å²) >= 11 is 0. The van der Waals surface area contributed by atoms with Gasteiger partial charge in [-0.2, -0.15) is 0 Å². The lowest BCUT2D eigenvalue weighted by molar-refractivity contribution is 0.0960. The molecule has 5 rings (SSSR count). The molecule has 0 aromatic heterocycles. The summed E-state index contributed by atoms with van der Waals surface area (Å²) in [7, 11) is -3.98. The number of hydrogen-bond donors (Lipinski definition) is 0. The minimum Gasteiger partial charge on any atom is -0.292 e. The molecule has 4 nitrogen and oxygen atoms in total. The number of sulfonamides is 1. The highest BCUT2D eigenvalue weighted by Crippen LogP contribution is 2.48. The maximum absolute atomic E-state index is 13.9. The third-order valence-corrected chi connectivity index (χ3v) is 7.67. The van der Waals surface area contributed by atoms with E-state index in [4.69, 9.17) is 0 Å². The molecule has 0 spiro atoms. The van der Waals surface area contributed by atoms with Gasteiger partial charge in [-0.25, -0.2) is 8.42 Å². The fourth-order valence-corrected chi connectivity index (χ4v) is 6.11. The van der Waals surface area contributed by atoms with Crippen LogP contribution in [0.25, 0.3) is 0 Å². The first-order valence-corrected chi connectivity index (χ1v) is 11.9. The summed E-state index contributed by atoms with van der Waals surface area (Å²) in [6.07, 6.45) is 0. The molecule has 0 aliphatic carbocycles. The third kappa shape index (κ3) is 3.31. The number of rotatable bonds is 5. The predicted octanol–water partition coefficient (Wildman–Crippen LogP) is 5.28. The van der Waals surface area contributed by atoms with E-state index in [0.717, 1.165) is 11.1 Å². The number of ketones is 1. The number of fused-ring (bicyclic) bond motifs is 1. The molecule has 0 radical (unpaired) electrons. The molecule has 0 fully saturated rings. The van der Waals surface area contributed by atoms with E-state index >= 15 is 0 Å². The molecule has 2 atom stereocenters. The van der Waals surface area contributed by atoms with Crippen molar-refractivity contribution in [1.82, 2.24) is 0 Å². The Hall–Kier alpha value is -3.70. The maximum atomic E-state index is 13.9. The summed E-state index contributed by atoms with van der Waals surface area (Å²) in [4.78, 5) is 14.0. The van der Waals surface area contributed by atoms with Gasteiger partial charge in [-0.1, -0.05) is 97.1 Å². The molecule has 0 N–H and O–H groups in total. The molecule has 32 heavy (non-hydrogen) atoms. The molecule has 0 saturated carbocycles. The van der Waals surface area contributed by atoms with E-state index in [1.165, 1.54) is 4.31 Å². The van der Waals surface area contributed by atoms with E-state index in [1.54, 1.807) is 60.7 Å². The van der Waals surface area contributed by atoms with Crippen LogP contribution >= 0.6 is 0 Å². The van der Waals surface area contributed by atoms with Crippen molar-refractivity contribution in [1.29, 1.82) is 0 Å². The van der Waals surface area contributed by atoms with Gasteiger partial charge < -0.3 is 0 Å². The Kier molecular flexibility index (Phi) is 5.11. The Bertz CT molecular complexity index is 1350. The van der Waals surface area contributed by atoms with E-state index < -0.39 is 22.0 Å². The van der Waals surface area contributed by atoms with Crippen molar-refractivity contribution in [3.8, 4) is 0 Å². The highest BCUT2D eigenvalue weighted by atomic mass is 32.2. The third-order valence-electron chi connectivity index (χ3n) is 5.86. The standard InChI is InChI=1S/C27H21NO3S/c29-27(21-14-6-2-7-15-21)26-25(20-12-4-1-5-13-20)23-18-10-11-19-24(23)28(26)32(30,31)22-16-8-3-9-17-22/h1-19,25-26H/t25-,26-/m0/s1. The Labute approximate surface area is 187 Å². The molecule has 4 aromatic rings. The van der Waals surface area contributed by atoms with E-state index in [2.05, 4.69) is 0 Å². The fraction of sp³-hybridized carbons (Fsp3) is 0.0741. The second-order valence-corrected chi connectivity index (χ2v) is 9.55. The van der Waals surface area contributed by atoms with Crippen LogP contribution in [0.1, 0.15) is 27.4 Å². The van der Waals surface area contributed by atoms with Crippen molar-refractivity contribution in [2.75, 3.05) is 4.31 Å². The van der Waals surface area contributed by atoms with Crippen LogP contribution in [0.4, 0.5) is 5.69 Å². The second-order valence-electron chi connectivity index (χ2n) is 7.74. The summed E-state index contributed by atoms with van der Waals surface area (Å²) in [5.41, 5.74) is 2.76. The van der Waals surface area contributed by atoms with Crippen LogP contribution in [0.5, 0.6) is 0 Å². The van der Waals surface area contributed by atoms with Crippen LogP contribution in [0.3, 0.4) is 0 Å². The van der Waals surface area contributed by atoms with Gasteiger partial charge >= 0.3 is 0 Å². The Balaban J connectivity index is 1.76. The number of anilines is 1. The minimum atomic E-state index is -3.98. The lowest BCUT2D eigenvalue weighted by Crippen LogP contribution is -2.44. The van der Waals surface area contributed by atoms with Gasteiger partial charge in [-0.3, -0.25) is 9.10 Å². The van der Waals surface area contributed by atoms with Crippen molar-refractivity contribution in [2.45, 2.75) is 16.9 Å². The van der Waals surface area contributed by atoms with Crippen LogP contribution in [-0.2, 0) is 10.0 Å². The minimum absolute atomic E-state index is 0.161. The lowest BCUT2D eigenvalue weighted by Gasteiger charge is -2.29. The number of nitrogens with zero attached hydrogens (tertiary/aromatic N) is 1. The average Bonchev–Trinajstić information content (AvgIpc) is 3.21. The number of Topliss-reactive ketones (excluding diaryl/α,β-unsaturated/α-hetero) is 1. The topological polar surface area (TPSA) is 54.5 Å². The molecule has 4 aromatic carbocycles. The zero-order chi connectivity index (χ0) is 22.1. The van der Waals surface area contributed by atoms with Crippen LogP contribution in [0.15, 0.2) is 120 Å². The van der Waals surface area contributed by atoms with Crippen molar-refractivity contribution >= 4 is 21.5 Å². The molecule has 0 amide bonds. The van der Waals surface area contributed by atoms with Crippen molar-refractivity contribution in [3.05, 3.63) is 132 Å². The number of carbonyl (C=O) groups excluding carboxylic acids is 1. The summed E-state index contributed by atoms with van der Waals surface area (Å²) in [5, 5.41) is 0. The lowest BCUT2D eigenvalue weighted by atomic mass is 9.84. The van der Waals surface area contributed by atoms with Crippen LogP contribution in [-0.4, -0.2) is 20.2 Å². The predicted molar refractivity (Wildman–Crippen MR) is 125 cm³/mol. The molecular weight excluding hydrogens is 418 g/mol. The molecule has 0 saturated heterocycles. The maximum Gasteiger partial charge on any atom is 0.265 e. The molecular formula is C27H21NO3S. The molecule has 1 heterocycles. The molecule has 0 unspecified atom stereocenters. The van der Waals surface area contributed by atoms with Gasteiger partial charge in [0, 0.05) is 11.5 Å². The van der Waals surface area contributed by atoms with Crippen molar-refractivity contribution in [3.63, 3.8) is 0 Å². The van der Waals surface area contributed by atoms with Crippen molar-refractivity contribution in [2.24, 2.45) is 0 Å². The quantitative estimate of drug-likeness (QED) is 0.398. The highest BCUT2D eigenvalue weighted by molar-refractivity contribution is 7.93. The average molecular weight is 440 g/mol. The van der Waals surface area contributed by atoms with Gasteiger partial charge in [0.25, 0.3) is 10.0 Å². The largest absolute Gasteiger partial charge is 0.292 e. The van der Waals surface area contributed by atoms with Gasteiger partial charge in [0.15, 0.2) is 5.78 Å². The summed E-state index contributed by atoms with van der Waals surface area (Å²) in [5.74, 6) is -0.645. The SMILES string of the molecule is O=C(c1ccccc1)[C@@H]1[C@@H](c2ccccc2)c2ccccc2N1S(=O)(=O)c1ccccc1. The zero-order valence-electron chi connectivity index (χ0n) is 17.2. The van der Waals surface area contributed by atoms with E-state index in [0.29, 0.717) is 11.3 Å². The fourth-order valence-electron chi connectivity index (χ4n) is 4.44. The monoisotopic (exact) mass is 439 g/mol. The summed E-state index contributed by atoms with van der Waals surface area (Å²) < 4.78 is 29.1. The van der Waals surface area contributed by atoms with Gasteiger partial charge in [0.1, 0.15) is 6.04 Å². The number of hydrogen-bond acceptors (Lipinski definition) is 3. The zero-order valence-corrected chi connectivity index (χ0v) is 18.0. The Morgan fingerprint density at radius 1 is 0.656 bits per heavy atom. The molecule has 5 heteroatoms. The van der Waals surface area contributed by atoms with Gasteiger partial charge in [-0.05, 0) is 29.3 Å². The van der Waals surface area contributed by atoms with Crippen LogP contribution in [0, 0.1) is 0 Å². The first-order chi connectivity index (χ1) is 15.6. The number of carbonyl (C=O) groups is 1. The smallest absolute Gasteiger partial charge is 0.265 e. The Morgan fingerprint density at radius 2 is 1.19 bits per heavy atom. The van der Waals surface area contributed by atoms with E-state index in [9.17, 15) is 13.2 Å². The first kappa shape index (κ1) is 20.2. The normalized spacial score (nSPS) is 17.7. The number of benzene rings is 4. The van der Waals surface area contributed by atoms with Crippen LogP contribution < -0.4 is 4.31 Å². The van der Waals surface area contributed by atoms with Crippen molar-refractivity contribution < 1.29 is 13.2 Å². The molecule has 1 aliphatic rings. The Morgan fingerprint density at radius 3 is 1.84 bits per heavy atom. The first-order valence-electron chi connectivity index (χ1n) is 10.4. The molecule has 1 aliphatic heterocycles. The number of para-hydroxylation sites is 1. The van der Waals surface area contributed by atoms with Gasteiger partial charge in [0.2, 0.25) is 0 Å². The molecule has 158 valence electrons. The van der Waals surface area contributed by atoms with Gasteiger partial charge in [-0.15, -0.1) is 0 Å². The summed E-state index contributed by atoms with van der Waals surface area (Å²) in [6.45, 7) is 0. The van der Waals surface area contributed by atoms with E-state index in [-0.39, 0.29) is 10.7 Å². The second kappa shape index (κ2) is 8.09. The van der Waals surface area contributed by atoms with E-state index in [1.807, 2.05) is 54.6 Å². The van der Waals surface area contributed by atoms with Gasteiger partial charge in [0.05, 0.1) is 10.6 Å².